The Hall–Kier alpha value is -2.84. The van der Waals surface area contributed by atoms with Crippen molar-refractivity contribution in [3.63, 3.8) is 0 Å². The Balaban J connectivity index is 1.39. The lowest BCUT2D eigenvalue weighted by Crippen LogP contribution is -2.15. The van der Waals surface area contributed by atoms with Gasteiger partial charge < -0.3 is 19.5 Å². The monoisotopic (exact) mass is 397 g/mol. The number of fused-ring (bicyclic) bond motifs is 2. The van der Waals surface area contributed by atoms with Crippen molar-refractivity contribution >= 4 is 43.2 Å². The van der Waals surface area contributed by atoms with E-state index in [1.807, 2.05) is 41.8 Å². The fourth-order valence-corrected chi connectivity index (χ4v) is 4.47. The first-order valence-electron chi connectivity index (χ1n) is 8.36. The molecule has 1 aliphatic rings. The Morgan fingerprint density at radius 2 is 1.89 bits per heavy atom. The minimum absolute atomic E-state index is 0.572. The number of hydrogen-bond donors (Lipinski definition) is 1. The quantitative estimate of drug-likeness (QED) is 0.526. The second-order valence-electron chi connectivity index (χ2n) is 5.87. The van der Waals surface area contributed by atoms with Gasteiger partial charge >= 0.3 is 0 Å². The van der Waals surface area contributed by atoms with Crippen LogP contribution < -0.4 is 19.5 Å². The number of nitrogens with one attached hydrogen (secondary N) is 1. The topological polar surface area (TPSA) is 65.5 Å². The number of nitrogens with zero attached hydrogens (tertiary/aromatic N) is 2. The van der Waals surface area contributed by atoms with E-state index in [2.05, 4.69) is 15.3 Å². The molecule has 136 valence electrons. The van der Waals surface area contributed by atoms with Crippen molar-refractivity contribution in [3.05, 3.63) is 41.8 Å². The number of ether oxygens (including phenoxy) is 3. The van der Waals surface area contributed by atoms with Crippen molar-refractivity contribution in [2.75, 3.05) is 25.6 Å². The molecule has 0 spiro atoms. The molecule has 8 heteroatoms. The van der Waals surface area contributed by atoms with E-state index in [9.17, 15) is 0 Å². The Morgan fingerprint density at radius 1 is 1.00 bits per heavy atom. The van der Waals surface area contributed by atoms with Crippen LogP contribution in [0.5, 0.6) is 17.2 Å². The van der Waals surface area contributed by atoms with E-state index in [0.717, 1.165) is 49.0 Å². The number of thiazole rings is 2. The summed E-state index contributed by atoms with van der Waals surface area (Å²) >= 11 is 3.13. The molecule has 0 atom stereocenters. The molecule has 2 aromatic heterocycles. The van der Waals surface area contributed by atoms with Gasteiger partial charge in [0.2, 0.25) is 0 Å². The van der Waals surface area contributed by atoms with Crippen molar-refractivity contribution in [2.24, 2.45) is 0 Å². The SMILES string of the molecule is COc1ccc2sc(Nc3nc(-c4ccc5c(c4)OCCO5)cs3)nc2c1. The first kappa shape index (κ1) is 16.3. The average Bonchev–Trinajstić information content (AvgIpc) is 3.33. The zero-order valence-electron chi connectivity index (χ0n) is 14.4. The largest absolute Gasteiger partial charge is 0.497 e. The maximum atomic E-state index is 5.66. The lowest BCUT2D eigenvalue weighted by Gasteiger charge is -2.18. The van der Waals surface area contributed by atoms with Crippen LogP contribution in [0.3, 0.4) is 0 Å². The lowest BCUT2D eigenvalue weighted by molar-refractivity contribution is 0.171. The van der Waals surface area contributed by atoms with Crippen LogP contribution in [-0.2, 0) is 0 Å². The molecular formula is C19H15N3O3S2. The molecule has 3 heterocycles. The summed E-state index contributed by atoms with van der Waals surface area (Å²) in [5.74, 6) is 2.35. The van der Waals surface area contributed by atoms with Gasteiger partial charge in [-0.3, -0.25) is 0 Å². The van der Waals surface area contributed by atoms with Gasteiger partial charge in [0.1, 0.15) is 19.0 Å². The van der Waals surface area contributed by atoms with Gasteiger partial charge in [0, 0.05) is 17.0 Å². The Bertz CT molecular complexity index is 1120. The van der Waals surface area contributed by atoms with E-state index < -0.39 is 0 Å². The minimum Gasteiger partial charge on any atom is -0.497 e. The molecule has 5 rings (SSSR count). The molecule has 0 saturated heterocycles. The van der Waals surface area contributed by atoms with E-state index in [4.69, 9.17) is 14.2 Å². The van der Waals surface area contributed by atoms with Crippen molar-refractivity contribution in [1.29, 1.82) is 0 Å². The summed E-state index contributed by atoms with van der Waals surface area (Å²) in [7, 11) is 1.65. The van der Waals surface area contributed by atoms with Crippen LogP contribution in [0.15, 0.2) is 41.8 Å². The standard InChI is InChI=1S/C19H15N3O3S2/c1-23-12-3-5-17-13(9-12)20-19(27-17)22-18-21-14(10-26-18)11-2-4-15-16(8-11)25-7-6-24-15/h2-5,8-10H,6-7H2,1H3,(H,20,21,22). The zero-order chi connectivity index (χ0) is 18.2. The number of benzene rings is 2. The summed E-state index contributed by atoms with van der Waals surface area (Å²) in [4.78, 5) is 9.30. The van der Waals surface area contributed by atoms with Crippen LogP contribution in [0.25, 0.3) is 21.5 Å². The fraction of sp³-hybridized carbons (Fsp3) is 0.158. The second kappa shape index (κ2) is 6.71. The van der Waals surface area contributed by atoms with Crippen molar-refractivity contribution in [2.45, 2.75) is 0 Å². The van der Waals surface area contributed by atoms with E-state index in [-0.39, 0.29) is 0 Å². The number of rotatable bonds is 4. The number of methoxy groups -OCH3 is 1. The number of aromatic nitrogens is 2. The van der Waals surface area contributed by atoms with Gasteiger partial charge in [-0.15, -0.1) is 11.3 Å². The van der Waals surface area contributed by atoms with E-state index in [1.165, 1.54) is 0 Å². The first-order chi connectivity index (χ1) is 13.3. The molecule has 0 bridgehead atoms. The van der Waals surface area contributed by atoms with Gasteiger partial charge in [0.15, 0.2) is 21.8 Å². The van der Waals surface area contributed by atoms with E-state index in [1.54, 1.807) is 29.8 Å². The van der Waals surface area contributed by atoms with E-state index >= 15 is 0 Å². The zero-order valence-corrected chi connectivity index (χ0v) is 16.0. The molecule has 0 unspecified atom stereocenters. The predicted molar refractivity (Wildman–Crippen MR) is 108 cm³/mol. The highest BCUT2D eigenvalue weighted by Crippen LogP contribution is 2.36. The van der Waals surface area contributed by atoms with Gasteiger partial charge in [-0.05, 0) is 30.3 Å². The summed E-state index contributed by atoms with van der Waals surface area (Å²) < 4.78 is 17.6. The lowest BCUT2D eigenvalue weighted by atomic mass is 10.1. The Kier molecular flexibility index (Phi) is 4.06. The van der Waals surface area contributed by atoms with Crippen LogP contribution in [-0.4, -0.2) is 30.3 Å². The average molecular weight is 397 g/mol. The Morgan fingerprint density at radius 3 is 2.78 bits per heavy atom. The molecule has 0 saturated carbocycles. The summed E-state index contributed by atoms with van der Waals surface area (Å²) in [6.45, 7) is 1.16. The molecule has 4 aromatic rings. The molecule has 1 aliphatic heterocycles. The summed E-state index contributed by atoms with van der Waals surface area (Å²) in [5, 5.41) is 6.92. The molecule has 1 N–H and O–H groups in total. The van der Waals surface area contributed by atoms with E-state index in [0.29, 0.717) is 13.2 Å². The summed E-state index contributed by atoms with van der Waals surface area (Å²) in [6, 6.07) is 11.8. The molecule has 27 heavy (non-hydrogen) atoms. The van der Waals surface area contributed by atoms with Gasteiger partial charge in [-0.2, -0.15) is 0 Å². The number of anilines is 2. The number of hydrogen-bond acceptors (Lipinski definition) is 8. The highest BCUT2D eigenvalue weighted by molar-refractivity contribution is 7.22. The normalized spacial score (nSPS) is 12.9. The maximum absolute atomic E-state index is 5.66. The molecule has 0 fully saturated rings. The van der Waals surface area contributed by atoms with Crippen LogP contribution in [0.4, 0.5) is 10.3 Å². The third-order valence-electron chi connectivity index (χ3n) is 4.15. The van der Waals surface area contributed by atoms with Crippen molar-refractivity contribution in [3.8, 4) is 28.5 Å². The minimum atomic E-state index is 0.572. The maximum Gasteiger partial charge on any atom is 0.190 e. The van der Waals surface area contributed by atoms with Crippen molar-refractivity contribution < 1.29 is 14.2 Å². The van der Waals surface area contributed by atoms with Crippen LogP contribution in [0.2, 0.25) is 0 Å². The highest BCUT2D eigenvalue weighted by atomic mass is 32.1. The van der Waals surface area contributed by atoms with Crippen LogP contribution in [0.1, 0.15) is 0 Å². The third kappa shape index (κ3) is 3.17. The molecule has 0 radical (unpaired) electrons. The smallest absolute Gasteiger partial charge is 0.190 e. The van der Waals surface area contributed by atoms with Gasteiger partial charge in [-0.1, -0.05) is 11.3 Å². The Labute approximate surface area is 163 Å². The van der Waals surface area contributed by atoms with Crippen LogP contribution >= 0.6 is 22.7 Å². The van der Waals surface area contributed by atoms with Crippen LogP contribution in [0, 0.1) is 0 Å². The first-order valence-corrected chi connectivity index (χ1v) is 10.1. The van der Waals surface area contributed by atoms with Gasteiger partial charge in [0.05, 0.1) is 23.0 Å². The second-order valence-corrected chi connectivity index (χ2v) is 7.76. The predicted octanol–water partition coefficient (Wildman–Crippen LogP) is 4.94. The molecule has 0 aliphatic carbocycles. The summed E-state index contributed by atoms with van der Waals surface area (Å²) in [5.41, 5.74) is 2.80. The molecule has 6 nitrogen and oxygen atoms in total. The van der Waals surface area contributed by atoms with Gasteiger partial charge in [0.25, 0.3) is 0 Å². The molecule has 2 aromatic carbocycles. The highest BCUT2D eigenvalue weighted by Gasteiger charge is 2.14. The van der Waals surface area contributed by atoms with Gasteiger partial charge in [-0.25, -0.2) is 9.97 Å². The molecule has 0 amide bonds. The van der Waals surface area contributed by atoms with Crippen molar-refractivity contribution in [1.82, 2.24) is 9.97 Å². The molecular weight excluding hydrogens is 382 g/mol. The summed E-state index contributed by atoms with van der Waals surface area (Å²) in [6.07, 6.45) is 0. The fourth-order valence-electron chi connectivity index (χ4n) is 2.85. The third-order valence-corrected chi connectivity index (χ3v) is 5.86.